The second kappa shape index (κ2) is 16.4. The fraction of sp³-hybridized carbons (Fsp3) is 0.905. The lowest BCUT2D eigenvalue weighted by atomic mass is 9.85. The van der Waals surface area contributed by atoms with Gasteiger partial charge in [0, 0.05) is 19.3 Å². The van der Waals surface area contributed by atoms with Gasteiger partial charge in [-0.1, -0.05) is 67.9 Å². The summed E-state index contributed by atoms with van der Waals surface area (Å²) in [5, 5.41) is 3.15. The molecule has 1 heterocycles. The van der Waals surface area contributed by atoms with E-state index < -0.39 is 0 Å². The standard InChI is InChI=1S/C17H34N2.2C2H6/c1-14(2)6-7-15(3)12-17-8-10-19(11-9-17)13-16(4)18-5;2*1-2/h14-15,17-18H,4,6-13H2,1-3,5H3;2*1-2H3. The Hall–Kier alpha value is -0.500. The first-order chi connectivity index (χ1) is 11.0. The van der Waals surface area contributed by atoms with Crippen LogP contribution in [0.3, 0.4) is 0 Å². The van der Waals surface area contributed by atoms with Crippen LogP contribution in [0.5, 0.6) is 0 Å². The molecule has 0 saturated carbocycles. The number of hydrogen-bond donors (Lipinski definition) is 1. The van der Waals surface area contributed by atoms with E-state index in [9.17, 15) is 0 Å². The van der Waals surface area contributed by atoms with E-state index in [0.29, 0.717) is 0 Å². The van der Waals surface area contributed by atoms with Crippen LogP contribution in [-0.2, 0) is 0 Å². The third-order valence-corrected chi connectivity index (χ3v) is 4.45. The molecule has 0 spiro atoms. The summed E-state index contributed by atoms with van der Waals surface area (Å²) >= 11 is 0. The molecule has 1 fully saturated rings. The molecule has 1 aliphatic heterocycles. The second-order valence-corrected chi connectivity index (χ2v) is 6.89. The summed E-state index contributed by atoms with van der Waals surface area (Å²) in [6.07, 6.45) is 7.00. The molecular formula is C21H46N2. The Balaban J connectivity index is 0. The van der Waals surface area contributed by atoms with Crippen molar-refractivity contribution in [1.29, 1.82) is 0 Å². The highest BCUT2D eigenvalue weighted by Gasteiger charge is 2.21. The molecule has 0 bridgehead atoms. The number of nitrogens with zero attached hydrogens (tertiary/aromatic N) is 1. The number of hydrogen-bond acceptors (Lipinski definition) is 2. The first kappa shape index (κ1) is 24.7. The quantitative estimate of drug-likeness (QED) is 0.593. The Morgan fingerprint density at radius 1 is 1.04 bits per heavy atom. The number of rotatable bonds is 8. The van der Waals surface area contributed by atoms with Crippen molar-refractivity contribution in [1.82, 2.24) is 10.2 Å². The average Bonchev–Trinajstić information content (AvgIpc) is 2.58. The van der Waals surface area contributed by atoms with Gasteiger partial charge in [-0.2, -0.15) is 0 Å². The Morgan fingerprint density at radius 2 is 1.57 bits per heavy atom. The van der Waals surface area contributed by atoms with Crippen LogP contribution in [0.1, 0.15) is 80.6 Å². The third kappa shape index (κ3) is 13.6. The fourth-order valence-corrected chi connectivity index (χ4v) is 3.03. The van der Waals surface area contributed by atoms with Crippen molar-refractivity contribution in [3.05, 3.63) is 12.3 Å². The zero-order valence-electron chi connectivity index (χ0n) is 17.5. The monoisotopic (exact) mass is 326 g/mol. The van der Waals surface area contributed by atoms with Crippen LogP contribution in [0, 0.1) is 17.8 Å². The van der Waals surface area contributed by atoms with Crippen LogP contribution in [-0.4, -0.2) is 31.6 Å². The van der Waals surface area contributed by atoms with E-state index in [1.807, 2.05) is 34.7 Å². The molecule has 1 saturated heterocycles. The topological polar surface area (TPSA) is 15.3 Å². The second-order valence-electron chi connectivity index (χ2n) is 6.89. The predicted molar refractivity (Wildman–Crippen MR) is 108 cm³/mol. The van der Waals surface area contributed by atoms with Gasteiger partial charge in [-0.3, -0.25) is 4.90 Å². The van der Waals surface area contributed by atoms with Crippen molar-refractivity contribution in [2.24, 2.45) is 17.8 Å². The summed E-state index contributed by atoms with van der Waals surface area (Å²) < 4.78 is 0. The molecule has 1 aliphatic rings. The predicted octanol–water partition coefficient (Wildman–Crippen LogP) is 5.95. The molecule has 1 unspecified atom stereocenters. The maximum absolute atomic E-state index is 4.02. The highest BCUT2D eigenvalue weighted by molar-refractivity contribution is 4.94. The van der Waals surface area contributed by atoms with Crippen LogP contribution in [0.25, 0.3) is 0 Å². The molecule has 23 heavy (non-hydrogen) atoms. The minimum absolute atomic E-state index is 0.858. The van der Waals surface area contributed by atoms with Gasteiger partial charge in [-0.25, -0.2) is 0 Å². The van der Waals surface area contributed by atoms with Gasteiger partial charge in [0.15, 0.2) is 0 Å². The van der Waals surface area contributed by atoms with Gasteiger partial charge in [-0.05, 0) is 50.1 Å². The molecule has 2 heteroatoms. The summed E-state index contributed by atoms with van der Waals surface area (Å²) in [5.41, 5.74) is 1.14. The summed E-state index contributed by atoms with van der Waals surface area (Å²) in [5.74, 6) is 2.73. The molecule has 0 amide bonds. The van der Waals surface area contributed by atoms with Crippen LogP contribution in [0.15, 0.2) is 12.3 Å². The Kier molecular flexibility index (Phi) is 17.6. The van der Waals surface area contributed by atoms with Crippen LogP contribution >= 0.6 is 0 Å². The lowest BCUT2D eigenvalue weighted by Gasteiger charge is -2.33. The van der Waals surface area contributed by atoms with Crippen molar-refractivity contribution in [3.8, 4) is 0 Å². The first-order valence-corrected chi connectivity index (χ1v) is 10.1. The minimum Gasteiger partial charge on any atom is -0.391 e. The summed E-state index contributed by atoms with van der Waals surface area (Å²) in [7, 11) is 1.96. The molecule has 140 valence electrons. The number of likely N-dealkylation sites (N-methyl/N-ethyl adjacent to an activating group) is 1. The van der Waals surface area contributed by atoms with Gasteiger partial charge >= 0.3 is 0 Å². The van der Waals surface area contributed by atoms with Crippen molar-refractivity contribution >= 4 is 0 Å². The molecule has 0 radical (unpaired) electrons. The van der Waals surface area contributed by atoms with E-state index in [2.05, 4.69) is 37.6 Å². The lowest BCUT2D eigenvalue weighted by Crippen LogP contribution is -2.36. The number of piperidine rings is 1. The zero-order valence-corrected chi connectivity index (χ0v) is 17.5. The maximum atomic E-state index is 4.02. The average molecular weight is 327 g/mol. The third-order valence-electron chi connectivity index (χ3n) is 4.45. The van der Waals surface area contributed by atoms with Crippen molar-refractivity contribution in [3.63, 3.8) is 0 Å². The fourth-order valence-electron chi connectivity index (χ4n) is 3.03. The van der Waals surface area contributed by atoms with E-state index in [-0.39, 0.29) is 0 Å². The highest BCUT2D eigenvalue weighted by Crippen LogP contribution is 2.27. The Bertz CT molecular complexity index is 253. The van der Waals surface area contributed by atoms with Crippen LogP contribution < -0.4 is 5.32 Å². The van der Waals surface area contributed by atoms with E-state index in [1.54, 1.807) is 0 Å². The van der Waals surface area contributed by atoms with E-state index in [0.717, 1.165) is 30.0 Å². The maximum Gasteiger partial charge on any atom is 0.0375 e. The normalized spacial score (nSPS) is 16.7. The highest BCUT2D eigenvalue weighted by atomic mass is 15.1. The Labute approximate surface area is 148 Å². The van der Waals surface area contributed by atoms with Crippen LogP contribution in [0.4, 0.5) is 0 Å². The van der Waals surface area contributed by atoms with Crippen molar-refractivity contribution in [2.45, 2.75) is 80.6 Å². The molecule has 1 N–H and O–H groups in total. The summed E-state index contributed by atoms with van der Waals surface area (Å²) in [4.78, 5) is 2.54. The van der Waals surface area contributed by atoms with E-state index in [1.165, 1.54) is 45.2 Å². The molecule has 2 nitrogen and oxygen atoms in total. The zero-order chi connectivity index (χ0) is 18.3. The van der Waals surface area contributed by atoms with Gasteiger partial charge < -0.3 is 5.32 Å². The van der Waals surface area contributed by atoms with Crippen LogP contribution in [0.2, 0.25) is 0 Å². The van der Waals surface area contributed by atoms with Gasteiger partial charge in [0.2, 0.25) is 0 Å². The first-order valence-electron chi connectivity index (χ1n) is 10.1. The lowest BCUT2D eigenvalue weighted by molar-refractivity contribution is 0.175. The molecule has 0 aromatic heterocycles. The Morgan fingerprint density at radius 3 is 2.00 bits per heavy atom. The van der Waals surface area contributed by atoms with Gasteiger partial charge in [0.1, 0.15) is 0 Å². The van der Waals surface area contributed by atoms with Gasteiger partial charge in [0.05, 0.1) is 0 Å². The minimum atomic E-state index is 0.858. The summed E-state index contributed by atoms with van der Waals surface area (Å²) in [6, 6.07) is 0. The molecule has 1 rings (SSSR count). The summed E-state index contributed by atoms with van der Waals surface area (Å²) in [6.45, 7) is 22.7. The van der Waals surface area contributed by atoms with Gasteiger partial charge in [-0.15, -0.1) is 0 Å². The number of likely N-dealkylation sites (tertiary alicyclic amines) is 1. The molecular weight excluding hydrogens is 280 g/mol. The van der Waals surface area contributed by atoms with E-state index >= 15 is 0 Å². The largest absolute Gasteiger partial charge is 0.391 e. The molecule has 0 aromatic rings. The van der Waals surface area contributed by atoms with Crippen molar-refractivity contribution < 1.29 is 0 Å². The van der Waals surface area contributed by atoms with Gasteiger partial charge in [0.25, 0.3) is 0 Å². The molecule has 0 aromatic carbocycles. The molecule has 0 aliphatic carbocycles. The molecule has 1 atom stereocenters. The van der Waals surface area contributed by atoms with Crippen molar-refractivity contribution in [2.75, 3.05) is 26.7 Å². The number of nitrogens with one attached hydrogen (secondary N) is 1. The van der Waals surface area contributed by atoms with E-state index in [4.69, 9.17) is 0 Å². The SMILES string of the molecule is C=C(CN1CCC(CC(C)CCC(C)C)CC1)NC.CC.CC. The smallest absolute Gasteiger partial charge is 0.0375 e.